The van der Waals surface area contributed by atoms with E-state index in [1.807, 2.05) is 48.0 Å². The van der Waals surface area contributed by atoms with Crippen LogP contribution in [0.3, 0.4) is 0 Å². The Bertz CT molecular complexity index is 1790. The molecular formula is C29H22N6O2. The fourth-order valence-corrected chi connectivity index (χ4v) is 4.99. The molecule has 1 aliphatic rings. The minimum atomic E-state index is -0.227. The number of para-hydroxylation sites is 2. The number of phenolic OH excluding ortho intramolecular Hbond substituents is 1. The third-order valence-electron chi connectivity index (χ3n) is 6.78. The van der Waals surface area contributed by atoms with Crippen molar-refractivity contribution in [1.82, 2.24) is 29.4 Å². The molecule has 37 heavy (non-hydrogen) atoms. The van der Waals surface area contributed by atoms with Crippen LogP contribution in [0.4, 0.5) is 0 Å². The van der Waals surface area contributed by atoms with Gasteiger partial charge in [-0.15, -0.1) is 5.10 Å². The molecular weight excluding hydrogens is 464 g/mol. The lowest BCUT2D eigenvalue weighted by Gasteiger charge is -2.26. The fourth-order valence-electron chi connectivity index (χ4n) is 4.99. The van der Waals surface area contributed by atoms with Gasteiger partial charge in [0.1, 0.15) is 12.1 Å². The normalized spacial score (nSPS) is 14.3. The smallest absolute Gasteiger partial charge is 0.230 e. The maximum Gasteiger partial charge on any atom is 0.230 e. The highest BCUT2D eigenvalue weighted by atomic mass is 16.5. The Morgan fingerprint density at radius 1 is 0.838 bits per heavy atom. The van der Waals surface area contributed by atoms with Gasteiger partial charge in [-0.25, -0.2) is 19.2 Å². The number of aromatic nitrogens is 6. The number of nitrogens with zero attached hydrogens (tertiary/aromatic N) is 6. The first-order valence-corrected chi connectivity index (χ1v) is 12.0. The Labute approximate surface area is 212 Å². The summed E-state index contributed by atoms with van der Waals surface area (Å²) >= 11 is 0. The maximum atomic E-state index is 10.4. The van der Waals surface area contributed by atoms with E-state index in [0.29, 0.717) is 28.8 Å². The average Bonchev–Trinajstić information content (AvgIpc) is 3.50. The van der Waals surface area contributed by atoms with E-state index in [9.17, 15) is 5.11 Å². The van der Waals surface area contributed by atoms with Crippen LogP contribution < -0.4 is 4.74 Å². The number of aromatic hydroxyl groups is 1. The molecule has 0 aliphatic carbocycles. The topological polar surface area (TPSA) is 90.4 Å². The molecule has 180 valence electrons. The van der Waals surface area contributed by atoms with E-state index < -0.39 is 0 Å². The quantitative estimate of drug-likeness (QED) is 0.350. The molecule has 0 saturated carbocycles. The average molecular weight is 487 g/mol. The molecule has 4 heterocycles. The van der Waals surface area contributed by atoms with Gasteiger partial charge in [0, 0.05) is 0 Å². The maximum absolute atomic E-state index is 10.4. The molecule has 0 spiro atoms. The molecule has 0 amide bonds. The molecule has 1 N–H and O–H groups in total. The monoisotopic (exact) mass is 486 g/mol. The Balaban J connectivity index is 1.50. The molecule has 3 aromatic carbocycles. The van der Waals surface area contributed by atoms with Crippen LogP contribution in [0.15, 0.2) is 85.2 Å². The first kappa shape index (κ1) is 21.3. The molecule has 0 fully saturated rings. The third kappa shape index (κ3) is 3.30. The van der Waals surface area contributed by atoms with Crippen molar-refractivity contribution in [1.29, 1.82) is 0 Å². The predicted molar refractivity (Wildman–Crippen MR) is 138 cm³/mol. The standard InChI is InChI=1S/C29H22N6O2/c1-17-12-14-19(15-13-17)24-23-18(2)32-35(20-8-4-3-5-9-20)29(23)37-28-25(24)27-31-26(33-34(27)16-30-28)21-10-6-7-11-22(21)36/h3-16,24,36H,1-2H3/t24-/m0/s1. The van der Waals surface area contributed by atoms with Crippen LogP contribution in [0.25, 0.3) is 22.7 Å². The largest absolute Gasteiger partial charge is 0.507 e. The van der Waals surface area contributed by atoms with Crippen molar-refractivity contribution in [2.24, 2.45) is 0 Å². The van der Waals surface area contributed by atoms with Gasteiger partial charge < -0.3 is 9.84 Å². The number of phenols is 1. The Kier molecular flexibility index (Phi) is 4.62. The van der Waals surface area contributed by atoms with Crippen LogP contribution in [0, 0.1) is 13.8 Å². The molecule has 0 unspecified atom stereocenters. The Hall–Kier alpha value is -4.98. The van der Waals surface area contributed by atoms with Crippen LogP contribution in [0.1, 0.15) is 33.9 Å². The van der Waals surface area contributed by atoms with E-state index in [-0.39, 0.29) is 11.7 Å². The number of hydrogen-bond donors (Lipinski definition) is 1. The number of rotatable bonds is 3. The summed E-state index contributed by atoms with van der Waals surface area (Å²) in [6.45, 7) is 4.07. The summed E-state index contributed by atoms with van der Waals surface area (Å²) in [4.78, 5) is 9.51. The van der Waals surface area contributed by atoms with E-state index in [4.69, 9.17) is 14.8 Å². The van der Waals surface area contributed by atoms with Crippen molar-refractivity contribution < 1.29 is 9.84 Å². The second-order valence-corrected chi connectivity index (χ2v) is 9.18. The van der Waals surface area contributed by atoms with E-state index in [0.717, 1.165) is 28.1 Å². The zero-order chi connectivity index (χ0) is 25.1. The number of aryl methyl sites for hydroxylation is 2. The summed E-state index contributed by atoms with van der Waals surface area (Å²) in [7, 11) is 0. The Morgan fingerprint density at radius 2 is 1.59 bits per heavy atom. The van der Waals surface area contributed by atoms with Gasteiger partial charge >= 0.3 is 0 Å². The van der Waals surface area contributed by atoms with Crippen molar-refractivity contribution >= 4 is 5.65 Å². The zero-order valence-corrected chi connectivity index (χ0v) is 20.2. The zero-order valence-electron chi connectivity index (χ0n) is 20.2. The molecule has 0 saturated heterocycles. The lowest BCUT2D eigenvalue weighted by Crippen LogP contribution is -2.16. The van der Waals surface area contributed by atoms with Crippen molar-refractivity contribution in [3.63, 3.8) is 0 Å². The van der Waals surface area contributed by atoms with Gasteiger partial charge in [-0.1, -0.05) is 60.2 Å². The van der Waals surface area contributed by atoms with E-state index in [1.165, 1.54) is 5.56 Å². The molecule has 7 rings (SSSR count). The Morgan fingerprint density at radius 3 is 2.38 bits per heavy atom. The summed E-state index contributed by atoms with van der Waals surface area (Å²) in [5.41, 5.74) is 6.96. The fraction of sp³-hybridized carbons (Fsp3) is 0.103. The number of ether oxygens (including phenoxy) is 1. The molecule has 8 nitrogen and oxygen atoms in total. The van der Waals surface area contributed by atoms with Gasteiger partial charge in [0.2, 0.25) is 11.8 Å². The van der Waals surface area contributed by atoms with Gasteiger partial charge in [-0.05, 0) is 43.7 Å². The van der Waals surface area contributed by atoms with Crippen molar-refractivity contribution in [2.75, 3.05) is 0 Å². The van der Waals surface area contributed by atoms with Crippen LogP contribution in [0.2, 0.25) is 0 Å². The van der Waals surface area contributed by atoms with Crippen molar-refractivity contribution in [3.8, 4) is 34.6 Å². The molecule has 3 aromatic heterocycles. The third-order valence-corrected chi connectivity index (χ3v) is 6.78. The van der Waals surface area contributed by atoms with Crippen LogP contribution >= 0.6 is 0 Å². The second kappa shape index (κ2) is 8.03. The highest BCUT2D eigenvalue weighted by molar-refractivity contribution is 5.70. The van der Waals surface area contributed by atoms with Gasteiger partial charge in [-0.2, -0.15) is 5.10 Å². The number of hydrogen-bond acceptors (Lipinski definition) is 6. The molecule has 0 bridgehead atoms. The lowest BCUT2D eigenvalue weighted by molar-refractivity contribution is 0.402. The first-order valence-electron chi connectivity index (χ1n) is 12.0. The van der Waals surface area contributed by atoms with Crippen LogP contribution in [-0.2, 0) is 0 Å². The number of benzene rings is 3. The van der Waals surface area contributed by atoms with Gasteiger partial charge in [-0.3, -0.25) is 0 Å². The molecule has 1 aliphatic heterocycles. The minimum absolute atomic E-state index is 0.119. The molecule has 8 heteroatoms. The van der Waals surface area contributed by atoms with Crippen LogP contribution in [-0.4, -0.2) is 34.5 Å². The van der Waals surface area contributed by atoms with Crippen molar-refractivity contribution in [2.45, 2.75) is 19.8 Å². The predicted octanol–water partition coefficient (Wildman–Crippen LogP) is 5.59. The van der Waals surface area contributed by atoms with Crippen molar-refractivity contribution in [3.05, 3.63) is 113 Å². The first-order chi connectivity index (χ1) is 18.1. The SMILES string of the molecule is Cc1ccc([C@H]2c3c(C)nn(-c4ccccc4)c3Oc3ncn4nc(-c5ccccc5O)nc4c32)cc1. The van der Waals surface area contributed by atoms with Crippen LogP contribution in [0.5, 0.6) is 17.5 Å². The van der Waals surface area contributed by atoms with E-state index in [1.54, 1.807) is 29.0 Å². The highest BCUT2D eigenvalue weighted by Gasteiger charge is 2.38. The molecule has 0 radical (unpaired) electrons. The summed E-state index contributed by atoms with van der Waals surface area (Å²) in [6.07, 6.45) is 1.60. The van der Waals surface area contributed by atoms with Gasteiger partial charge in [0.25, 0.3) is 0 Å². The lowest BCUT2D eigenvalue weighted by atomic mass is 9.84. The summed E-state index contributed by atoms with van der Waals surface area (Å²) in [5, 5.41) is 19.9. The summed E-state index contributed by atoms with van der Waals surface area (Å²) in [5.74, 6) is 1.40. The molecule has 1 atom stereocenters. The summed E-state index contributed by atoms with van der Waals surface area (Å²) in [6, 6.07) is 25.4. The second-order valence-electron chi connectivity index (χ2n) is 9.18. The minimum Gasteiger partial charge on any atom is -0.507 e. The van der Waals surface area contributed by atoms with Gasteiger partial charge in [0.15, 0.2) is 11.5 Å². The van der Waals surface area contributed by atoms with E-state index in [2.05, 4.69) is 41.3 Å². The van der Waals surface area contributed by atoms with Gasteiger partial charge in [0.05, 0.1) is 34.0 Å². The summed E-state index contributed by atoms with van der Waals surface area (Å²) < 4.78 is 9.94. The highest BCUT2D eigenvalue weighted by Crippen LogP contribution is 2.49. The number of fused-ring (bicyclic) bond motifs is 4. The van der Waals surface area contributed by atoms with E-state index >= 15 is 0 Å². The molecule has 6 aromatic rings.